The van der Waals surface area contributed by atoms with Gasteiger partial charge in [0.2, 0.25) is 5.91 Å². The van der Waals surface area contributed by atoms with Crippen molar-refractivity contribution in [3.63, 3.8) is 0 Å². The molecule has 4 rings (SSSR count). The Morgan fingerprint density at radius 1 is 0.906 bits per heavy atom. The number of aryl methyl sites for hydroxylation is 1. The van der Waals surface area contributed by atoms with E-state index in [9.17, 15) is 4.79 Å². The first kappa shape index (κ1) is 21.8. The second kappa shape index (κ2) is 10.3. The Kier molecular flexibility index (Phi) is 7.01. The maximum absolute atomic E-state index is 11.3. The number of rotatable bonds is 5. The lowest BCUT2D eigenvalue weighted by molar-refractivity contribution is 0.100. The van der Waals surface area contributed by atoms with Crippen LogP contribution in [0.1, 0.15) is 38.7 Å². The van der Waals surface area contributed by atoms with Crippen LogP contribution in [0.25, 0.3) is 0 Å². The molecule has 0 aromatic heterocycles. The molecular formula is C28H29N3O. The zero-order valence-corrected chi connectivity index (χ0v) is 18.5. The molecular weight excluding hydrogens is 394 g/mol. The molecule has 32 heavy (non-hydrogen) atoms. The van der Waals surface area contributed by atoms with Gasteiger partial charge in [-0.1, -0.05) is 72.0 Å². The van der Waals surface area contributed by atoms with Gasteiger partial charge in [0.1, 0.15) is 0 Å². The van der Waals surface area contributed by atoms with Crippen LogP contribution in [0.2, 0.25) is 0 Å². The summed E-state index contributed by atoms with van der Waals surface area (Å²) < 4.78 is 0. The normalized spacial score (nSPS) is 15.5. The van der Waals surface area contributed by atoms with Gasteiger partial charge in [-0.05, 0) is 42.3 Å². The van der Waals surface area contributed by atoms with E-state index in [1.165, 1.54) is 16.7 Å². The van der Waals surface area contributed by atoms with Gasteiger partial charge in [0, 0.05) is 43.9 Å². The van der Waals surface area contributed by atoms with Gasteiger partial charge in [-0.25, -0.2) is 0 Å². The van der Waals surface area contributed by atoms with E-state index >= 15 is 0 Å². The largest absolute Gasteiger partial charge is 0.366 e. The molecule has 0 saturated carbocycles. The number of nitrogens with two attached hydrogens (primary N) is 1. The van der Waals surface area contributed by atoms with Gasteiger partial charge >= 0.3 is 0 Å². The molecule has 1 fully saturated rings. The van der Waals surface area contributed by atoms with Gasteiger partial charge in [-0.15, -0.1) is 0 Å². The smallest absolute Gasteiger partial charge is 0.248 e. The molecule has 0 radical (unpaired) electrons. The van der Waals surface area contributed by atoms with Crippen LogP contribution in [0.15, 0.2) is 78.9 Å². The predicted octanol–water partition coefficient (Wildman–Crippen LogP) is 4.00. The molecule has 1 amide bonds. The van der Waals surface area contributed by atoms with E-state index in [1.54, 1.807) is 12.1 Å². The Labute approximate surface area is 190 Å². The van der Waals surface area contributed by atoms with Crippen molar-refractivity contribution in [2.24, 2.45) is 5.73 Å². The van der Waals surface area contributed by atoms with Gasteiger partial charge in [-0.3, -0.25) is 14.6 Å². The number of hydrogen-bond donors (Lipinski definition) is 1. The number of carbonyl (C=O) groups excluding carboxylic acids is 1. The van der Waals surface area contributed by atoms with E-state index < -0.39 is 5.91 Å². The molecule has 0 spiro atoms. The van der Waals surface area contributed by atoms with Crippen LogP contribution in [0, 0.1) is 18.8 Å². The zero-order chi connectivity index (χ0) is 22.3. The molecule has 0 bridgehead atoms. The number of benzene rings is 3. The molecule has 4 heteroatoms. The number of nitrogens with zero attached hydrogens (tertiary/aromatic N) is 2. The lowest BCUT2D eigenvalue weighted by Gasteiger charge is -2.37. The Balaban J connectivity index is 1.49. The minimum atomic E-state index is -0.421. The fraction of sp³-hybridized carbons (Fsp3) is 0.250. The van der Waals surface area contributed by atoms with Gasteiger partial charge < -0.3 is 5.73 Å². The van der Waals surface area contributed by atoms with E-state index in [4.69, 9.17) is 5.73 Å². The number of piperazine rings is 1. The topological polar surface area (TPSA) is 49.6 Å². The van der Waals surface area contributed by atoms with Crippen molar-refractivity contribution in [1.29, 1.82) is 0 Å². The fourth-order valence-electron chi connectivity index (χ4n) is 4.02. The summed E-state index contributed by atoms with van der Waals surface area (Å²) in [6.07, 6.45) is 0. The second-order valence-electron chi connectivity index (χ2n) is 8.32. The highest BCUT2D eigenvalue weighted by Gasteiger charge is 2.24. The molecule has 1 atom stereocenters. The molecule has 1 unspecified atom stereocenters. The molecule has 2 N–H and O–H groups in total. The van der Waals surface area contributed by atoms with Gasteiger partial charge in [-0.2, -0.15) is 0 Å². The van der Waals surface area contributed by atoms with Crippen LogP contribution in [0.4, 0.5) is 0 Å². The van der Waals surface area contributed by atoms with Gasteiger partial charge in [0.15, 0.2) is 0 Å². The van der Waals surface area contributed by atoms with Crippen LogP contribution < -0.4 is 5.73 Å². The summed E-state index contributed by atoms with van der Waals surface area (Å²) in [5, 5.41) is 0. The van der Waals surface area contributed by atoms with Crippen LogP contribution in [0.5, 0.6) is 0 Å². The maximum atomic E-state index is 11.3. The molecule has 162 valence electrons. The van der Waals surface area contributed by atoms with Gasteiger partial charge in [0.25, 0.3) is 0 Å². The van der Waals surface area contributed by atoms with E-state index in [1.807, 2.05) is 12.1 Å². The maximum Gasteiger partial charge on any atom is 0.248 e. The molecule has 3 aromatic rings. The summed E-state index contributed by atoms with van der Waals surface area (Å²) in [6.45, 7) is 7.08. The van der Waals surface area contributed by atoms with Crippen molar-refractivity contribution in [1.82, 2.24) is 9.80 Å². The average Bonchev–Trinajstić information content (AvgIpc) is 2.82. The first-order valence-electron chi connectivity index (χ1n) is 11.1. The summed E-state index contributed by atoms with van der Waals surface area (Å²) in [5.41, 5.74) is 10.5. The van der Waals surface area contributed by atoms with E-state index in [-0.39, 0.29) is 6.04 Å². The summed E-state index contributed by atoms with van der Waals surface area (Å²) >= 11 is 0. The Morgan fingerprint density at radius 3 is 2.19 bits per heavy atom. The highest BCUT2D eigenvalue weighted by atomic mass is 16.1. The van der Waals surface area contributed by atoms with Crippen molar-refractivity contribution < 1.29 is 4.79 Å². The Bertz CT molecular complexity index is 1090. The van der Waals surface area contributed by atoms with Gasteiger partial charge in [0.05, 0.1) is 6.04 Å². The van der Waals surface area contributed by atoms with Crippen LogP contribution in [0.3, 0.4) is 0 Å². The molecule has 0 aliphatic carbocycles. The second-order valence-corrected chi connectivity index (χ2v) is 8.32. The van der Waals surface area contributed by atoms with Crippen molar-refractivity contribution in [2.75, 3.05) is 26.2 Å². The molecule has 1 saturated heterocycles. The Hall–Kier alpha value is -3.39. The van der Waals surface area contributed by atoms with Crippen LogP contribution in [-0.2, 0) is 6.54 Å². The van der Waals surface area contributed by atoms with Crippen LogP contribution in [-0.4, -0.2) is 41.9 Å². The standard InChI is InChI=1S/C28H29N3O/c1-22-7-12-25(13-8-22)27(16-11-23-9-14-26(15-10-23)28(29)32)31-19-17-30(18-20-31)21-24-5-3-2-4-6-24/h2-10,12-15,27H,17-21H2,1H3,(H2,29,32). The third-order valence-corrected chi connectivity index (χ3v) is 5.94. The van der Waals surface area contributed by atoms with E-state index in [0.29, 0.717) is 5.56 Å². The minimum absolute atomic E-state index is 0.0327. The molecule has 4 nitrogen and oxygen atoms in total. The molecule has 1 heterocycles. The first-order chi connectivity index (χ1) is 15.6. The minimum Gasteiger partial charge on any atom is -0.366 e. The first-order valence-corrected chi connectivity index (χ1v) is 11.1. The number of carbonyl (C=O) groups is 1. The fourth-order valence-corrected chi connectivity index (χ4v) is 4.02. The quantitative estimate of drug-likeness (QED) is 0.631. The SMILES string of the molecule is Cc1ccc(C(C#Cc2ccc(C(N)=O)cc2)N2CCN(Cc3ccccc3)CC2)cc1. The van der Waals surface area contributed by atoms with Crippen molar-refractivity contribution >= 4 is 5.91 Å². The number of primary amides is 1. The van der Waals surface area contributed by atoms with Crippen molar-refractivity contribution in [3.05, 3.63) is 107 Å². The predicted molar refractivity (Wildman–Crippen MR) is 129 cm³/mol. The van der Waals surface area contributed by atoms with E-state index in [0.717, 1.165) is 38.3 Å². The number of amides is 1. The molecule has 1 aliphatic rings. The van der Waals surface area contributed by atoms with Crippen LogP contribution >= 0.6 is 0 Å². The van der Waals surface area contributed by atoms with Crippen molar-refractivity contribution in [2.45, 2.75) is 19.5 Å². The summed E-state index contributed by atoms with van der Waals surface area (Å²) in [7, 11) is 0. The average molecular weight is 424 g/mol. The molecule has 1 aliphatic heterocycles. The lowest BCUT2D eigenvalue weighted by atomic mass is 10.0. The summed E-state index contributed by atoms with van der Waals surface area (Å²) in [4.78, 5) is 16.3. The Morgan fingerprint density at radius 2 is 1.56 bits per heavy atom. The number of hydrogen-bond acceptors (Lipinski definition) is 3. The monoisotopic (exact) mass is 423 g/mol. The third kappa shape index (κ3) is 5.64. The zero-order valence-electron chi connectivity index (χ0n) is 18.5. The van der Waals surface area contributed by atoms with E-state index in [2.05, 4.69) is 83.2 Å². The molecule has 3 aromatic carbocycles. The highest BCUT2D eigenvalue weighted by molar-refractivity contribution is 5.92. The highest BCUT2D eigenvalue weighted by Crippen LogP contribution is 2.23. The third-order valence-electron chi connectivity index (χ3n) is 5.94. The lowest BCUT2D eigenvalue weighted by Crippen LogP contribution is -2.47. The summed E-state index contributed by atoms with van der Waals surface area (Å²) in [6, 6.07) is 26.5. The summed E-state index contributed by atoms with van der Waals surface area (Å²) in [5.74, 6) is 6.39. The van der Waals surface area contributed by atoms with Crippen molar-refractivity contribution in [3.8, 4) is 11.8 Å².